The Morgan fingerprint density at radius 2 is 1.76 bits per heavy atom. The second-order valence-corrected chi connectivity index (χ2v) is 7.43. The summed E-state index contributed by atoms with van der Waals surface area (Å²) in [6, 6.07) is 6.04. The van der Waals surface area contributed by atoms with E-state index in [1.165, 1.54) is 12.1 Å². The number of nitrogens with one attached hydrogen (secondary N) is 3. The fourth-order valence-electron chi connectivity index (χ4n) is 1.84. The molecule has 2 aromatic rings. The molecule has 0 amide bonds. The molecule has 5 N–H and O–H groups in total. The van der Waals surface area contributed by atoms with Crippen LogP contribution in [0.1, 0.15) is 0 Å². The molecule has 136 valence electrons. The van der Waals surface area contributed by atoms with E-state index in [9.17, 15) is 8.42 Å². The van der Waals surface area contributed by atoms with Crippen LogP contribution in [0.5, 0.6) is 0 Å². The summed E-state index contributed by atoms with van der Waals surface area (Å²) in [6.45, 7) is 0.00696. The summed E-state index contributed by atoms with van der Waals surface area (Å²) < 4.78 is 26.8. The SMILES string of the molecule is O=S(=O)(NCCO)c1ccc(Nc2ncc(Br)c(NCCO)n2)cc1. The molecule has 0 saturated carbocycles. The molecule has 9 nitrogen and oxygen atoms in total. The van der Waals surface area contributed by atoms with Crippen LogP contribution in [-0.2, 0) is 10.0 Å². The van der Waals surface area contributed by atoms with Gasteiger partial charge in [-0.3, -0.25) is 0 Å². The van der Waals surface area contributed by atoms with Crippen LogP contribution in [-0.4, -0.2) is 54.9 Å². The Morgan fingerprint density at radius 3 is 2.40 bits per heavy atom. The van der Waals surface area contributed by atoms with E-state index in [0.717, 1.165) is 0 Å². The molecule has 2 rings (SSSR count). The minimum absolute atomic E-state index is 0.0283. The number of aromatic nitrogens is 2. The van der Waals surface area contributed by atoms with Crippen LogP contribution in [0, 0.1) is 0 Å². The predicted molar refractivity (Wildman–Crippen MR) is 97.3 cm³/mol. The third-order valence-electron chi connectivity index (χ3n) is 2.97. The van der Waals surface area contributed by atoms with Crippen molar-refractivity contribution in [1.82, 2.24) is 14.7 Å². The molecule has 0 aliphatic carbocycles. The highest BCUT2D eigenvalue weighted by molar-refractivity contribution is 9.10. The molecule has 0 aliphatic heterocycles. The van der Waals surface area contributed by atoms with E-state index in [1.54, 1.807) is 18.3 Å². The number of anilines is 3. The molecule has 1 aromatic carbocycles. The van der Waals surface area contributed by atoms with Gasteiger partial charge in [-0.25, -0.2) is 18.1 Å². The normalized spacial score (nSPS) is 11.3. The quantitative estimate of drug-likeness (QED) is 0.390. The van der Waals surface area contributed by atoms with Crippen molar-refractivity contribution in [2.45, 2.75) is 4.90 Å². The van der Waals surface area contributed by atoms with Gasteiger partial charge in [-0.05, 0) is 40.2 Å². The van der Waals surface area contributed by atoms with E-state index in [4.69, 9.17) is 10.2 Å². The van der Waals surface area contributed by atoms with Crippen LogP contribution in [0.25, 0.3) is 0 Å². The van der Waals surface area contributed by atoms with Gasteiger partial charge in [0.2, 0.25) is 16.0 Å². The fourth-order valence-corrected chi connectivity index (χ4v) is 3.19. The lowest BCUT2D eigenvalue weighted by Crippen LogP contribution is -2.26. The summed E-state index contributed by atoms with van der Waals surface area (Å²) in [5, 5.41) is 23.5. The first-order valence-corrected chi connectivity index (χ1v) is 9.59. The number of benzene rings is 1. The summed E-state index contributed by atoms with van der Waals surface area (Å²) in [5.74, 6) is 0.844. The Balaban J connectivity index is 2.11. The zero-order valence-electron chi connectivity index (χ0n) is 13.1. The Labute approximate surface area is 153 Å². The van der Waals surface area contributed by atoms with Crippen LogP contribution in [0.2, 0.25) is 0 Å². The lowest BCUT2D eigenvalue weighted by Gasteiger charge is -2.10. The van der Waals surface area contributed by atoms with Crippen molar-refractivity contribution >= 4 is 43.4 Å². The highest BCUT2D eigenvalue weighted by Crippen LogP contribution is 2.22. The molecule has 11 heteroatoms. The predicted octanol–water partition coefficient (Wildman–Crippen LogP) is 0.657. The van der Waals surface area contributed by atoms with Crippen molar-refractivity contribution in [2.24, 2.45) is 0 Å². The maximum Gasteiger partial charge on any atom is 0.240 e. The summed E-state index contributed by atoms with van der Waals surface area (Å²) in [4.78, 5) is 8.48. The van der Waals surface area contributed by atoms with E-state index in [0.29, 0.717) is 28.5 Å². The summed E-state index contributed by atoms with van der Waals surface area (Å²) in [7, 11) is -3.64. The van der Waals surface area contributed by atoms with E-state index in [2.05, 4.69) is 41.3 Å². The molecular weight excluding hydrogens is 414 g/mol. The Bertz CT molecular complexity index is 801. The molecular formula is C14H18BrN5O4S. The van der Waals surface area contributed by atoms with Gasteiger partial charge in [-0.2, -0.15) is 4.98 Å². The van der Waals surface area contributed by atoms with Crippen molar-refractivity contribution in [3.63, 3.8) is 0 Å². The molecule has 0 atom stereocenters. The highest BCUT2D eigenvalue weighted by atomic mass is 79.9. The monoisotopic (exact) mass is 431 g/mol. The largest absolute Gasteiger partial charge is 0.395 e. The second-order valence-electron chi connectivity index (χ2n) is 4.81. The molecule has 0 unspecified atom stereocenters. The number of sulfonamides is 1. The van der Waals surface area contributed by atoms with Crippen LogP contribution >= 0.6 is 15.9 Å². The first-order valence-electron chi connectivity index (χ1n) is 7.31. The minimum atomic E-state index is -3.64. The Hall–Kier alpha value is -1.79. The van der Waals surface area contributed by atoms with Gasteiger partial charge in [0.05, 0.1) is 22.6 Å². The number of aliphatic hydroxyl groups excluding tert-OH is 2. The van der Waals surface area contributed by atoms with E-state index >= 15 is 0 Å². The van der Waals surface area contributed by atoms with Crippen molar-refractivity contribution < 1.29 is 18.6 Å². The maximum absolute atomic E-state index is 11.9. The van der Waals surface area contributed by atoms with Crippen molar-refractivity contribution in [3.8, 4) is 0 Å². The molecule has 1 aromatic heterocycles. The Kier molecular flexibility index (Phi) is 7.08. The topological polar surface area (TPSA) is 136 Å². The standard InChI is InChI=1S/C14H18BrN5O4S/c15-12-9-17-14(20-13(12)16-5-7-21)19-10-1-3-11(4-2-10)25(23,24)18-6-8-22/h1-4,9,18,21-22H,5-8H2,(H2,16,17,19,20). The van der Waals surface area contributed by atoms with Crippen molar-refractivity contribution in [2.75, 3.05) is 36.9 Å². The highest BCUT2D eigenvalue weighted by Gasteiger charge is 2.13. The van der Waals surface area contributed by atoms with Gasteiger partial charge in [0.1, 0.15) is 5.82 Å². The number of hydrogen-bond donors (Lipinski definition) is 5. The molecule has 0 bridgehead atoms. The summed E-state index contributed by atoms with van der Waals surface area (Å²) in [6.07, 6.45) is 1.56. The minimum Gasteiger partial charge on any atom is -0.395 e. The summed E-state index contributed by atoms with van der Waals surface area (Å²) in [5.41, 5.74) is 0.608. The van der Waals surface area contributed by atoms with Crippen LogP contribution in [0.4, 0.5) is 17.5 Å². The van der Waals surface area contributed by atoms with E-state index in [-0.39, 0.29) is 24.7 Å². The van der Waals surface area contributed by atoms with Gasteiger partial charge in [0, 0.05) is 25.0 Å². The Morgan fingerprint density at radius 1 is 1.08 bits per heavy atom. The van der Waals surface area contributed by atoms with Gasteiger partial charge in [-0.15, -0.1) is 0 Å². The van der Waals surface area contributed by atoms with Crippen molar-refractivity contribution in [1.29, 1.82) is 0 Å². The van der Waals surface area contributed by atoms with Crippen molar-refractivity contribution in [3.05, 3.63) is 34.9 Å². The van der Waals surface area contributed by atoms with Gasteiger partial charge in [-0.1, -0.05) is 0 Å². The number of aliphatic hydroxyl groups is 2. The van der Waals surface area contributed by atoms with E-state index in [1.807, 2.05) is 0 Å². The van der Waals surface area contributed by atoms with Gasteiger partial charge in [0.25, 0.3) is 0 Å². The van der Waals surface area contributed by atoms with E-state index < -0.39 is 10.0 Å². The molecule has 0 spiro atoms. The number of nitrogens with zero attached hydrogens (tertiary/aromatic N) is 2. The number of rotatable bonds is 9. The maximum atomic E-state index is 11.9. The van der Waals surface area contributed by atoms with Crippen LogP contribution in [0.3, 0.4) is 0 Å². The van der Waals surface area contributed by atoms with Gasteiger partial charge >= 0.3 is 0 Å². The zero-order chi connectivity index (χ0) is 18.3. The number of hydrogen-bond acceptors (Lipinski definition) is 8. The molecule has 1 heterocycles. The van der Waals surface area contributed by atoms with Crippen LogP contribution in [0.15, 0.2) is 39.8 Å². The lowest BCUT2D eigenvalue weighted by atomic mass is 10.3. The first-order chi connectivity index (χ1) is 12.0. The van der Waals surface area contributed by atoms with Gasteiger partial charge in [0.15, 0.2) is 0 Å². The molecule has 0 radical (unpaired) electrons. The third-order valence-corrected chi connectivity index (χ3v) is 5.03. The average molecular weight is 432 g/mol. The molecule has 0 fully saturated rings. The van der Waals surface area contributed by atoms with Crippen LogP contribution < -0.4 is 15.4 Å². The molecule has 25 heavy (non-hydrogen) atoms. The average Bonchev–Trinajstić information content (AvgIpc) is 2.61. The molecule has 0 aliphatic rings. The summed E-state index contributed by atoms with van der Waals surface area (Å²) >= 11 is 3.31. The molecule has 0 saturated heterocycles. The van der Waals surface area contributed by atoms with Gasteiger partial charge < -0.3 is 20.8 Å². The third kappa shape index (κ3) is 5.61. The smallest absolute Gasteiger partial charge is 0.240 e. The first kappa shape index (κ1) is 19.5. The zero-order valence-corrected chi connectivity index (χ0v) is 15.5. The number of halogens is 1. The lowest BCUT2D eigenvalue weighted by molar-refractivity contribution is 0.301. The fraction of sp³-hybridized carbons (Fsp3) is 0.286. The second kappa shape index (κ2) is 9.06.